The molecule has 0 spiro atoms. The summed E-state index contributed by atoms with van der Waals surface area (Å²) < 4.78 is 6.40. The molecule has 0 aliphatic heterocycles. The van der Waals surface area contributed by atoms with E-state index in [9.17, 15) is 4.79 Å². The van der Waals surface area contributed by atoms with Crippen molar-refractivity contribution in [3.05, 3.63) is 63.1 Å². The molecule has 128 valence electrons. The van der Waals surface area contributed by atoms with Crippen LogP contribution in [-0.4, -0.2) is 16.0 Å². The van der Waals surface area contributed by atoms with E-state index in [4.69, 9.17) is 4.52 Å². The summed E-state index contributed by atoms with van der Waals surface area (Å²) >= 11 is 2.25. The SMILES string of the molecule is Cc1ccc(C)c(NC(=O)CCc2nc(-c3ccc(I)cc3)no2)c1. The van der Waals surface area contributed by atoms with Gasteiger partial charge in [-0.25, -0.2) is 0 Å². The Balaban J connectivity index is 1.59. The van der Waals surface area contributed by atoms with Crippen molar-refractivity contribution in [3.8, 4) is 11.4 Å². The predicted octanol–water partition coefficient (Wildman–Crippen LogP) is 4.53. The molecule has 3 aromatic rings. The number of hydrogen-bond acceptors (Lipinski definition) is 4. The van der Waals surface area contributed by atoms with Crippen LogP contribution in [0.25, 0.3) is 11.4 Å². The van der Waals surface area contributed by atoms with Gasteiger partial charge in [0.25, 0.3) is 0 Å². The van der Waals surface area contributed by atoms with Crippen molar-refractivity contribution < 1.29 is 9.32 Å². The van der Waals surface area contributed by atoms with E-state index in [2.05, 4.69) is 38.0 Å². The number of hydrogen-bond donors (Lipinski definition) is 1. The van der Waals surface area contributed by atoms with E-state index in [0.717, 1.165) is 25.9 Å². The number of nitrogens with zero attached hydrogens (tertiary/aromatic N) is 2. The molecule has 1 amide bonds. The van der Waals surface area contributed by atoms with Gasteiger partial charge in [0.1, 0.15) is 0 Å². The van der Waals surface area contributed by atoms with Crippen LogP contribution in [-0.2, 0) is 11.2 Å². The minimum Gasteiger partial charge on any atom is -0.339 e. The van der Waals surface area contributed by atoms with Gasteiger partial charge in [-0.15, -0.1) is 0 Å². The largest absolute Gasteiger partial charge is 0.339 e. The van der Waals surface area contributed by atoms with Crippen LogP contribution < -0.4 is 5.32 Å². The molecule has 0 aliphatic rings. The zero-order chi connectivity index (χ0) is 17.8. The number of aryl methyl sites for hydroxylation is 3. The second-order valence-corrected chi connectivity index (χ2v) is 7.13. The minimum absolute atomic E-state index is 0.0669. The average molecular weight is 447 g/mol. The third kappa shape index (κ3) is 4.66. The topological polar surface area (TPSA) is 68.0 Å². The van der Waals surface area contributed by atoms with E-state index < -0.39 is 0 Å². The number of anilines is 1. The maximum atomic E-state index is 12.2. The fraction of sp³-hybridized carbons (Fsp3) is 0.211. The number of rotatable bonds is 5. The van der Waals surface area contributed by atoms with Gasteiger partial charge in [0.15, 0.2) is 0 Å². The zero-order valence-corrected chi connectivity index (χ0v) is 16.2. The number of halogens is 1. The van der Waals surface area contributed by atoms with Gasteiger partial charge in [0.2, 0.25) is 17.6 Å². The fourth-order valence-corrected chi connectivity index (χ4v) is 2.74. The third-order valence-electron chi connectivity index (χ3n) is 3.80. The third-order valence-corrected chi connectivity index (χ3v) is 4.52. The summed E-state index contributed by atoms with van der Waals surface area (Å²) in [4.78, 5) is 16.5. The summed E-state index contributed by atoms with van der Waals surface area (Å²) in [5.74, 6) is 0.939. The maximum Gasteiger partial charge on any atom is 0.227 e. The molecular formula is C19H18IN3O2. The summed E-state index contributed by atoms with van der Waals surface area (Å²) in [7, 11) is 0. The summed E-state index contributed by atoms with van der Waals surface area (Å²) in [6, 6.07) is 13.9. The van der Waals surface area contributed by atoms with Crippen molar-refractivity contribution in [2.24, 2.45) is 0 Å². The van der Waals surface area contributed by atoms with Gasteiger partial charge >= 0.3 is 0 Å². The van der Waals surface area contributed by atoms with Crippen LogP contribution in [0.3, 0.4) is 0 Å². The van der Waals surface area contributed by atoms with Crippen LogP contribution in [0.15, 0.2) is 47.0 Å². The van der Waals surface area contributed by atoms with Crippen LogP contribution in [0.4, 0.5) is 5.69 Å². The van der Waals surface area contributed by atoms with Gasteiger partial charge in [-0.05, 0) is 65.8 Å². The molecule has 5 nitrogen and oxygen atoms in total. The Morgan fingerprint density at radius 2 is 1.92 bits per heavy atom. The molecule has 0 bridgehead atoms. The van der Waals surface area contributed by atoms with Crippen LogP contribution in [0.5, 0.6) is 0 Å². The molecule has 6 heteroatoms. The first-order chi connectivity index (χ1) is 12.0. The highest BCUT2D eigenvalue weighted by atomic mass is 127. The number of carbonyl (C=O) groups is 1. The van der Waals surface area contributed by atoms with E-state index in [-0.39, 0.29) is 5.91 Å². The molecule has 0 atom stereocenters. The van der Waals surface area contributed by atoms with Crippen molar-refractivity contribution in [2.75, 3.05) is 5.32 Å². The first-order valence-corrected chi connectivity index (χ1v) is 9.05. The Bertz CT molecular complexity index is 888. The van der Waals surface area contributed by atoms with Crippen molar-refractivity contribution in [3.63, 3.8) is 0 Å². The van der Waals surface area contributed by atoms with Gasteiger partial charge < -0.3 is 9.84 Å². The number of nitrogens with one attached hydrogen (secondary N) is 1. The molecule has 3 rings (SSSR count). The molecule has 0 radical (unpaired) electrons. The molecule has 0 saturated carbocycles. The van der Waals surface area contributed by atoms with Gasteiger partial charge in [-0.1, -0.05) is 29.4 Å². The lowest BCUT2D eigenvalue weighted by Crippen LogP contribution is -2.13. The molecular weight excluding hydrogens is 429 g/mol. The summed E-state index contributed by atoms with van der Waals surface area (Å²) in [5, 5.41) is 6.92. The summed E-state index contributed by atoms with van der Waals surface area (Å²) in [6.45, 7) is 3.97. The Morgan fingerprint density at radius 3 is 2.68 bits per heavy atom. The van der Waals surface area contributed by atoms with E-state index >= 15 is 0 Å². The van der Waals surface area contributed by atoms with Gasteiger partial charge in [-0.2, -0.15) is 4.98 Å². The molecule has 0 fully saturated rings. The minimum atomic E-state index is -0.0669. The van der Waals surface area contributed by atoms with Crippen LogP contribution >= 0.6 is 22.6 Å². The van der Waals surface area contributed by atoms with E-state index in [1.165, 1.54) is 0 Å². The fourth-order valence-electron chi connectivity index (χ4n) is 2.38. The summed E-state index contributed by atoms with van der Waals surface area (Å²) in [6.07, 6.45) is 0.704. The highest BCUT2D eigenvalue weighted by molar-refractivity contribution is 14.1. The van der Waals surface area contributed by atoms with Gasteiger partial charge in [0, 0.05) is 27.7 Å². The predicted molar refractivity (Wildman–Crippen MR) is 105 cm³/mol. The number of aromatic nitrogens is 2. The molecule has 0 saturated heterocycles. The lowest BCUT2D eigenvalue weighted by atomic mass is 10.1. The van der Waals surface area contributed by atoms with Crippen molar-refractivity contribution in [1.82, 2.24) is 10.1 Å². The molecule has 1 N–H and O–H groups in total. The molecule has 0 unspecified atom stereocenters. The monoisotopic (exact) mass is 447 g/mol. The van der Waals surface area contributed by atoms with Crippen molar-refractivity contribution >= 4 is 34.2 Å². The second-order valence-electron chi connectivity index (χ2n) is 5.89. The van der Waals surface area contributed by atoms with Crippen LogP contribution in [0.1, 0.15) is 23.4 Å². The standard InChI is InChI=1S/C19H18IN3O2/c1-12-3-4-13(2)16(11-12)21-17(24)9-10-18-22-19(23-25-18)14-5-7-15(20)8-6-14/h3-8,11H,9-10H2,1-2H3,(H,21,24). The van der Waals surface area contributed by atoms with Crippen LogP contribution in [0, 0.1) is 17.4 Å². The second kappa shape index (κ2) is 7.77. The van der Waals surface area contributed by atoms with E-state index in [0.29, 0.717) is 24.6 Å². The molecule has 1 heterocycles. The lowest BCUT2D eigenvalue weighted by molar-refractivity contribution is -0.116. The van der Waals surface area contributed by atoms with E-state index in [1.807, 2.05) is 56.3 Å². The zero-order valence-electron chi connectivity index (χ0n) is 14.0. The first kappa shape index (κ1) is 17.6. The Labute approximate surface area is 160 Å². The Kier molecular flexibility index (Phi) is 5.47. The molecule has 25 heavy (non-hydrogen) atoms. The lowest BCUT2D eigenvalue weighted by Gasteiger charge is -2.08. The normalized spacial score (nSPS) is 10.7. The highest BCUT2D eigenvalue weighted by Crippen LogP contribution is 2.19. The van der Waals surface area contributed by atoms with Crippen molar-refractivity contribution in [2.45, 2.75) is 26.7 Å². The average Bonchev–Trinajstić information content (AvgIpc) is 3.06. The van der Waals surface area contributed by atoms with Gasteiger partial charge in [0.05, 0.1) is 0 Å². The number of amides is 1. The van der Waals surface area contributed by atoms with Crippen LogP contribution in [0.2, 0.25) is 0 Å². The quantitative estimate of drug-likeness (QED) is 0.584. The Hall–Kier alpha value is -2.22. The molecule has 1 aromatic heterocycles. The first-order valence-electron chi connectivity index (χ1n) is 7.97. The van der Waals surface area contributed by atoms with Crippen molar-refractivity contribution in [1.29, 1.82) is 0 Å². The Morgan fingerprint density at radius 1 is 1.16 bits per heavy atom. The number of benzene rings is 2. The molecule has 2 aromatic carbocycles. The number of carbonyl (C=O) groups excluding carboxylic acids is 1. The highest BCUT2D eigenvalue weighted by Gasteiger charge is 2.11. The smallest absolute Gasteiger partial charge is 0.227 e. The summed E-state index contributed by atoms with van der Waals surface area (Å²) in [5.41, 5.74) is 3.89. The van der Waals surface area contributed by atoms with E-state index in [1.54, 1.807) is 0 Å². The maximum absolute atomic E-state index is 12.2. The van der Waals surface area contributed by atoms with Gasteiger partial charge in [-0.3, -0.25) is 4.79 Å². The molecule has 0 aliphatic carbocycles.